The van der Waals surface area contributed by atoms with Crippen LogP contribution in [0.25, 0.3) is 0 Å². The topological polar surface area (TPSA) is 112 Å². The van der Waals surface area contributed by atoms with Gasteiger partial charge in [0.25, 0.3) is 5.91 Å². The van der Waals surface area contributed by atoms with Crippen LogP contribution in [0.1, 0.15) is 26.5 Å². The summed E-state index contributed by atoms with van der Waals surface area (Å²) in [6.07, 6.45) is 2.01. The van der Waals surface area contributed by atoms with Crippen LogP contribution in [0.15, 0.2) is 30.6 Å². The Morgan fingerprint density at radius 2 is 2.10 bits per heavy atom. The van der Waals surface area contributed by atoms with Crippen LogP contribution in [0, 0.1) is 0 Å². The molecule has 7 nitrogen and oxygen atoms in total. The van der Waals surface area contributed by atoms with E-state index in [4.69, 9.17) is 5.11 Å². The van der Waals surface area contributed by atoms with Crippen LogP contribution in [0.4, 0.5) is 5.69 Å². The van der Waals surface area contributed by atoms with Crippen molar-refractivity contribution in [1.82, 2.24) is 9.97 Å². The van der Waals surface area contributed by atoms with Crippen molar-refractivity contribution >= 4 is 23.9 Å². The molecule has 0 aliphatic rings. The molecule has 0 saturated heterocycles. The number of hydrogen-bond acceptors (Lipinski definition) is 4. The molecule has 102 valence electrons. The van der Waals surface area contributed by atoms with Gasteiger partial charge >= 0.3 is 5.97 Å². The number of H-pyrrole nitrogens is 1. The lowest BCUT2D eigenvalue weighted by Gasteiger charge is -2.08. The number of aromatic carboxylic acids is 1. The van der Waals surface area contributed by atoms with E-state index in [1.807, 2.05) is 0 Å². The summed E-state index contributed by atoms with van der Waals surface area (Å²) in [7, 11) is 0. The number of para-hydroxylation sites is 1. The molecular weight excluding hydrogens is 262 g/mol. The molecule has 0 spiro atoms. The summed E-state index contributed by atoms with van der Waals surface area (Å²) >= 11 is 0. The van der Waals surface area contributed by atoms with Crippen LogP contribution < -0.4 is 5.32 Å². The standard InChI is InChI=1S/C13H11N3O4/c17-6-5-8-3-1-2-4-9(8)16-12(18)10-11(13(19)20)15-7-14-10/h1-4,6-7H,5H2,(H,14,15)(H,16,18)(H,19,20). The van der Waals surface area contributed by atoms with Gasteiger partial charge in [-0.2, -0.15) is 0 Å². The van der Waals surface area contributed by atoms with Crippen LogP contribution in [0.5, 0.6) is 0 Å². The van der Waals surface area contributed by atoms with E-state index >= 15 is 0 Å². The summed E-state index contributed by atoms with van der Waals surface area (Å²) < 4.78 is 0. The Morgan fingerprint density at radius 1 is 1.35 bits per heavy atom. The number of carbonyl (C=O) groups is 3. The molecule has 0 aliphatic heterocycles. The molecule has 0 atom stereocenters. The smallest absolute Gasteiger partial charge is 0.354 e. The minimum absolute atomic E-state index is 0.156. The molecule has 0 aliphatic carbocycles. The molecule has 1 aromatic heterocycles. The second-order valence-corrected chi connectivity index (χ2v) is 3.91. The van der Waals surface area contributed by atoms with Crippen molar-refractivity contribution in [1.29, 1.82) is 0 Å². The van der Waals surface area contributed by atoms with Crippen molar-refractivity contribution in [2.75, 3.05) is 5.32 Å². The number of anilines is 1. The number of aromatic amines is 1. The van der Waals surface area contributed by atoms with Gasteiger partial charge in [0.1, 0.15) is 6.29 Å². The van der Waals surface area contributed by atoms with Gasteiger partial charge in [0.2, 0.25) is 0 Å². The summed E-state index contributed by atoms with van der Waals surface area (Å²) in [6.45, 7) is 0. The predicted molar refractivity (Wildman–Crippen MR) is 69.7 cm³/mol. The lowest BCUT2D eigenvalue weighted by molar-refractivity contribution is -0.107. The summed E-state index contributed by atoms with van der Waals surface area (Å²) in [5, 5.41) is 11.5. The van der Waals surface area contributed by atoms with Crippen molar-refractivity contribution < 1.29 is 19.5 Å². The number of benzene rings is 1. The van der Waals surface area contributed by atoms with E-state index in [0.717, 1.165) is 12.6 Å². The van der Waals surface area contributed by atoms with Crippen molar-refractivity contribution in [2.45, 2.75) is 6.42 Å². The van der Waals surface area contributed by atoms with Gasteiger partial charge in [-0.15, -0.1) is 0 Å². The number of aromatic nitrogens is 2. The molecule has 1 aromatic carbocycles. The third kappa shape index (κ3) is 2.72. The molecule has 1 heterocycles. The highest BCUT2D eigenvalue weighted by Gasteiger charge is 2.20. The quantitative estimate of drug-likeness (QED) is 0.706. The number of nitrogens with one attached hydrogen (secondary N) is 2. The molecule has 3 N–H and O–H groups in total. The van der Waals surface area contributed by atoms with E-state index in [0.29, 0.717) is 11.3 Å². The molecule has 0 bridgehead atoms. The average molecular weight is 273 g/mol. The fraction of sp³-hybridized carbons (Fsp3) is 0.0769. The number of carbonyl (C=O) groups excluding carboxylic acids is 2. The van der Waals surface area contributed by atoms with E-state index < -0.39 is 11.9 Å². The van der Waals surface area contributed by atoms with Gasteiger partial charge < -0.3 is 20.2 Å². The summed E-state index contributed by atoms with van der Waals surface area (Å²) in [5.74, 6) is -1.92. The zero-order valence-corrected chi connectivity index (χ0v) is 10.3. The highest BCUT2D eigenvalue weighted by molar-refractivity contribution is 6.08. The van der Waals surface area contributed by atoms with E-state index in [1.165, 1.54) is 0 Å². The van der Waals surface area contributed by atoms with Crippen LogP contribution in [-0.2, 0) is 11.2 Å². The summed E-state index contributed by atoms with van der Waals surface area (Å²) in [6, 6.07) is 6.77. The zero-order valence-electron chi connectivity index (χ0n) is 10.3. The number of nitrogens with zero attached hydrogens (tertiary/aromatic N) is 1. The monoisotopic (exact) mass is 273 g/mol. The molecule has 2 aromatic rings. The Morgan fingerprint density at radius 3 is 2.80 bits per heavy atom. The van der Waals surface area contributed by atoms with Crippen molar-refractivity contribution in [3.8, 4) is 0 Å². The highest BCUT2D eigenvalue weighted by Crippen LogP contribution is 2.16. The molecule has 7 heteroatoms. The Bertz CT molecular complexity index is 663. The van der Waals surface area contributed by atoms with Gasteiger partial charge in [0.15, 0.2) is 11.4 Å². The van der Waals surface area contributed by atoms with E-state index in [2.05, 4.69) is 15.3 Å². The largest absolute Gasteiger partial charge is 0.477 e. The Labute approximate surface area is 113 Å². The van der Waals surface area contributed by atoms with Crippen molar-refractivity contribution in [3.05, 3.63) is 47.5 Å². The first-order chi connectivity index (χ1) is 9.63. The van der Waals surface area contributed by atoms with Crippen LogP contribution >= 0.6 is 0 Å². The Hall–Kier alpha value is -2.96. The van der Waals surface area contributed by atoms with E-state index in [1.54, 1.807) is 24.3 Å². The second kappa shape index (κ2) is 5.79. The molecule has 0 saturated carbocycles. The van der Waals surface area contributed by atoms with Gasteiger partial charge in [-0.1, -0.05) is 18.2 Å². The van der Waals surface area contributed by atoms with E-state index in [9.17, 15) is 14.4 Å². The number of rotatable bonds is 5. The Balaban J connectivity index is 2.26. The van der Waals surface area contributed by atoms with Crippen LogP contribution in [0.2, 0.25) is 0 Å². The third-order valence-electron chi connectivity index (χ3n) is 2.64. The number of aldehydes is 1. The molecule has 2 rings (SSSR count). The van der Waals surface area contributed by atoms with Gasteiger partial charge in [-0.25, -0.2) is 9.78 Å². The predicted octanol–water partition coefficient (Wildman–Crippen LogP) is 1.10. The number of imidazole rings is 1. The first-order valence-corrected chi connectivity index (χ1v) is 5.73. The third-order valence-corrected chi connectivity index (χ3v) is 2.64. The SMILES string of the molecule is O=CCc1ccccc1NC(=O)c1nc[nH]c1C(=O)O. The number of carboxylic acids is 1. The van der Waals surface area contributed by atoms with Crippen LogP contribution in [0.3, 0.4) is 0 Å². The van der Waals surface area contributed by atoms with E-state index in [-0.39, 0.29) is 17.8 Å². The van der Waals surface area contributed by atoms with Gasteiger partial charge in [-0.05, 0) is 11.6 Å². The maximum Gasteiger partial charge on any atom is 0.354 e. The van der Waals surface area contributed by atoms with Gasteiger partial charge in [0, 0.05) is 12.1 Å². The maximum atomic E-state index is 12.0. The first kappa shape index (κ1) is 13.5. The molecular formula is C13H11N3O4. The second-order valence-electron chi connectivity index (χ2n) is 3.91. The lowest BCUT2D eigenvalue weighted by atomic mass is 10.1. The molecule has 20 heavy (non-hydrogen) atoms. The van der Waals surface area contributed by atoms with Gasteiger partial charge in [0.05, 0.1) is 6.33 Å². The molecule has 0 radical (unpaired) electrons. The minimum atomic E-state index is -1.27. The normalized spacial score (nSPS) is 10.0. The number of amides is 1. The van der Waals surface area contributed by atoms with Crippen LogP contribution in [-0.4, -0.2) is 33.2 Å². The summed E-state index contributed by atoms with van der Waals surface area (Å²) in [5.41, 5.74) is 0.598. The van der Waals surface area contributed by atoms with Crippen molar-refractivity contribution in [2.24, 2.45) is 0 Å². The lowest BCUT2D eigenvalue weighted by Crippen LogP contribution is -2.17. The van der Waals surface area contributed by atoms with Gasteiger partial charge in [-0.3, -0.25) is 4.79 Å². The first-order valence-electron chi connectivity index (χ1n) is 5.73. The molecule has 0 fully saturated rings. The molecule has 1 amide bonds. The highest BCUT2D eigenvalue weighted by atomic mass is 16.4. The minimum Gasteiger partial charge on any atom is -0.477 e. The summed E-state index contributed by atoms with van der Waals surface area (Å²) in [4.78, 5) is 39.6. The number of hydrogen-bond donors (Lipinski definition) is 3. The fourth-order valence-electron chi connectivity index (χ4n) is 1.72. The fourth-order valence-corrected chi connectivity index (χ4v) is 1.72. The number of carboxylic acid groups (broad SMARTS) is 1. The zero-order chi connectivity index (χ0) is 14.5. The molecule has 0 unspecified atom stereocenters. The van der Waals surface area contributed by atoms with Crippen molar-refractivity contribution in [3.63, 3.8) is 0 Å². The average Bonchev–Trinajstić information content (AvgIpc) is 2.91. The maximum absolute atomic E-state index is 12.0. The Kier molecular flexibility index (Phi) is 3.90.